The molecule has 0 atom stereocenters. The molecular weight excluding hydrogens is 446 g/mol. The van der Waals surface area contributed by atoms with Crippen LogP contribution in [0.4, 0.5) is 5.69 Å². The van der Waals surface area contributed by atoms with Gasteiger partial charge < -0.3 is 14.8 Å². The van der Waals surface area contributed by atoms with Crippen LogP contribution in [0, 0.1) is 0 Å². The Labute approximate surface area is 203 Å². The van der Waals surface area contributed by atoms with Crippen molar-refractivity contribution in [2.45, 2.75) is 26.7 Å². The molecule has 0 unspecified atom stereocenters. The zero-order valence-electron chi connectivity index (χ0n) is 19.3. The predicted molar refractivity (Wildman–Crippen MR) is 137 cm³/mol. The van der Waals surface area contributed by atoms with Gasteiger partial charge >= 0.3 is 0 Å². The SMILES string of the molecule is CCCCOc1ccc(C(=O)Nc2cccc(-c3csc(-c4ccncc4)n3)c2)cc1OCC. The normalized spacial score (nSPS) is 10.6. The van der Waals surface area contributed by atoms with E-state index in [0.29, 0.717) is 36.0 Å². The summed E-state index contributed by atoms with van der Waals surface area (Å²) in [6, 6.07) is 16.8. The maximum atomic E-state index is 13.0. The number of benzene rings is 2. The van der Waals surface area contributed by atoms with Gasteiger partial charge in [0.05, 0.1) is 18.9 Å². The first-order valence-electron chi connectivity index (χ1n) is 11.3. The molecule has 174 valence electrons. The van der Waals surface area contributed by atoms with E-state index in [2.05, 4.69) is 17.2 Å². The van der Waals surface area contributed by atoms with Crippen molar-refractivity contribution >= 4 is 22.9 Å². The monoisotopic (exact) mass is 473 g/mol. The van der Waals surface area contributed by atoms with Crippen LogP contribution in [0.25, 0.3) is 21.8 Å². The zero-order valence-corrected chi connectivity index (χ0v) is 20.1. The molecule has 0 aliphatic carbocycles. The van der Waals surface area contributed by atoms with E-state index in [0.717, 1.165) is 34.7 Å². The summed E-state index contributed by atoms with van der Waals surface area (Å²) in [5.74, 6) is 1.02. The lowest BCUT2D eigenvalue weighted by molar-refractivity contribution is 0.102. The van der Waals surface area contributed by atoms with Gasteiger partial charge in [-0.2, -0.15) is 0 Å². The molecule has 0 spiro atoms. The summed E-state index contributed by atoms with van der Waals surface area (Å²) in [4.78, 5) is 21.8. The van der Waals surface area contributed by atoms with Gasteiger partial charge in [0.25, 0.3) is 5.91 Å². The molecular formula is C27H27N3O3S. The fourth-order valence-electron chi connectivity index (χ4n) is 3.36. The van der Waals surface area contributed by atoms with E-state index in [1.807, 2.05) is 48.7 Å². The third kappa shape index (κ3) is 5.80. The standard InChI is InChI=1S/C27H27N3O3S/c1-3-5-15-33-24-10-9-21(17-25(24)32-4-2)26(31)29-22-8-6-7-20(16-22)23-18-34-27(30-23)19-11-13-28-14-12-19/h6-14,16-18H,3-5,15H2,1-2H3,(H,29,31). The van der Waals surface area contributed by atoms with E-state index < -0.39 is 0 Å². The number of rotatable bonds is 10. The van der Waals surface area contributed by atoms with Crippen LogP contribution >= 0.6 is 11.3 Å². The largest absolute Gasteiger partial charge is 0.490 e. The number of nitrogens with zero attached hydrogens (tertiary/aromatic N) is 2. The van der Waals surface area contributed by atoms with E-state index in [-0.39, 0.29) is 5.91 Å². The van der Waals surface area contributed by atoms with Crippen molar-refractivity contribution in [3.05, 3.63) is 77.9 Å². The Morgan fingerprint density at radius 1 is 0.971 bits per heavy atom. The number of nitrogens with one attached hydrogen (secondary N) is 1. The number of unbranched alkanes of at least 4 members (excludes halogenated alkanes) is 1. The third-order valence-electron chi connectivity index (χ3n) is 5.11. The van der Waals surface area contributed by atoms with Gasteiger partial charge in [0.2, 0.25) is 0 Å². The Morgan fingerprint density at radius 2 is 1.82 bits per heavy atom. The number of carbonyl (C=O) groups is 1. The number of thiazole rings is 1. The Kier molecular flexibility index (Phi) is 7.88. The number of hydrogen-bond donors (Lipinski definition) is 1. The molecule has 2 aromatic heterocycles. The summed E-state index contributed by atoms with van der Waals surface area (Å²) in [6.45, 7) is 5.14. The lowest BCUT2D eigenvalue weighted by Gasteiger charge is -2.13. The molecule has 0 radical (unpaired) electrons. The molecule has 4 rings (SSSR count). The summed E-state index contributed by atoms with van der Waals surface area (Å²) in [6.07, 6.45) is 5.53. The van der Waals surface area contributed by atoms with Crippen LogP contribution in [0.15, 0.2) is 72.4 Å². The molecule has 2 aromatic carbocycles. The van der Waals surface area contributed by atoms with Crippen LogP contribution in [-0.4, -0.2) is 29.1 Å². The lowest BCUT2D eigenvalue weighted by atomic mass is 10.1. The Balaban J connectivity index is 1.49. The second-order valence-corrected chi connectivity index (χ2v) is 8.46. The highest BCUT2D eigenvalue weighted by Crippen LogP contribution is 2.31. The fourth-order valence-corrected chi connectivity index (χ4v) is 4.19. The summed E-state index contributed by atoms with van der Waals surface area (Å²) in [5.41, 5.74) is 4.03. The van der Waals surface area contributed by atoms with Crippen molar-refractivity contribution in [1.29, 1.82) is 0 Å². The highest BCUT2D eigenvalue weighted by atomic mass is 32.1. The van der Waals surface area contributed by atoms with Crippen molar-refractivity contribution in [1.82, 2.24) is 9.97 Å². The van der Waals surface area contributed by atoms with E-state index in [1.165, 1.54) is 0 Å². The summed E-state index contributed by atoms with van der Waals surface area (Å²) < 4.78 is 11.5. The molecule has 0 aliphatic rings. The number of amides is 1. The molecule has 4 aromatic rings. The summed E-state index contributed by atoms with van der Waals surface area (Å²) in [5, 5.41) is 5.92. The highest BCUT2D eigenvalue weighted by molar-refractivity contribution is 7.13. The Bertz CT molecular complexity index is 1240. The lowest BCUT2D eigenvalue weighted by Crippen LogP contribution is -2.12. The van der Waals surface area contributed by atoms with Gasteiger partial charge in [-0.1, -0.05) is 25.5 Å². The quantitative estimate of drug-likeness (QED) is 0.259. The van der Waals surface area contributed by atoms with Crippen LogP contribution in [0.1, 0.15) is 37.0 Å². The van der Waals surface area contributed by atoms with Crippen LogP contribution in [0.5, 0.6) is 11.5 Å². The van der Waals surface area contributed by atoms with Crippen molar-refractivity contribution in [3.8, 4) is 33.3 Å². The smallest absolute Gasteiger partial charge is 0.255 e. The predicted octanol–water partition coefficient (Wildman–Crippen LogP) is 6.70. The van der Waals surface area contributed by atoms with E-state index in [1.54, 1.807) is 41.9 Å². The number of aromatic nitrogens is 2. The Hall–Kier alpha value is -3.71. The van der Waals surface area contributed by atoms with E-state index in [4.69, 9.17) is 14.5 Å². The molecule has 2 heterocycles. The second-order valence-electron chi connectivity index (χ2n) is 7.61. The zero-order chi connectivity index (χ0) is 23.8. The maximum Gasteiger partial charge on any atom is 0.255 e. The van der Waals surface area contributed by atoms with Gasteiger partial charge in [-0.3, -0.25) is 9.78 Å². The van der Waals surface area contributed by atoms with E-state index in [9.17, 15) is 4.79 Å². The first-order chi connectivity index (χ1) is 16.7. The van der Waals surface area contributed by atoms with Crippen LogP contribution < -0.4 is 14.8 Å². The van der Waals surface area contributed by atoms with E-state index >= 15 is 0 Å². The van der Waals surface area contributed by atoms with Crippen molar-refractivity contribution in [3.63, 3.8) is 0 Å². The molecule has 1 amide bonds. The van der Waals surface area contributed by atoms with Gasteiger partial charge in [0.1, 0.15) is 5.01 Å². The minimum absolute atomic E-state index is 0.214. The minimum atomic E-state index is -0.214. The van der Waals surface area contributed by atoms with Gasteiger partial charge in [0.15, 0.2) is 11.5 Å². The minimum Gasteiger partial charge on any atom is -0.490 e. The van der Waals surface area contributed by atoms with Crippen LogP contribution in [0.2, 0.25) is 0 Å². The van der Waals surface area contributed by atoms with Crippen LogP contribution in [0.3, 0.4) is 0 Å². The molecule has 6 nitrogen and oxygen atoms in total. The van der Waals surface area contributed by atoms with Gasteiger partial charge in [-0.15, -0.1) is 11.3 Å². The molecule has 0 fully saturated rings. The van der Waals surface area contributed by atoms with Gasteiger partial charge in [-0.25, -0.2) is 4.98 Å². The number of anilines is 1. The number of carbonyl (C=O) groups excluding carboxylic acids is 1. The topological polar surface area (TPSA) is 73.3 Å². The molecule has 0 aliphatic heterocycles. The third-order valence-corrected chi connectivity index (χ3v) is 6.00. The Morgan fingerprint density at radius 3 is 2.62 bits per heavy atom. The molecule has 1 N–H and O–H groups in total. The molecule has 7 heteroatoms. The highest BCUT2D eigenvalue weighted by Gasteiger charge is 2.13. The average Bonchev–Trinajstić information content (AvgIpc) is 3.36. The fraction of sp³-hybridized carbons (Fsp3) is 0.222. The van der Waals surface area contributed by atoms with Crippen LogP contribution in [-0.2, 0) is 0 Å². The molecule has 0 saturated heterocycles. The molecule has 0 saturated carbocycles. The maximum absolute atomic E-state index is 13.0. The summed E-state index contributed by atoms with van der Waals surface area (Å²) >= 11 is 1.58. The van der Waals surface area contributed by atoms with Gasteiger partial charge in [0, 0.05) is 40.2 Å². The summed E-state index contributed by atoms with van der Waals surface area (Å²) in [7, 11) is 0. The van der Waals surface area contributed by atoms with Gasteiger partial charge in [-0.05, 0) is 55.8 Å². The molecule has 34 heavy (non-hydrogen) atoms. The van der Waals surface area contributed by atoms with Crippen molar-refractivity contribution in [2.24, 2.45) is 0 Å². The first-order valence-corrected chi connectivity index (χ1v) is 12.2. The van der Waals surface area contributed by atoms with Crippen molar-refractivity contribution in [2.75, 3.05) is 18.5 Å². The number of hydrogen-bond acceptors (Lipinski definition) is 6. The average molecular weight is 474 g/mol. The molecule has 0 bridgehead atoms. The van der Waals surface area contributed by atoms with Crippen molar-refractivity contribution < 1.29 is 14.3 Å². The first kappa shape index (κ1) is 23.4. The number of pyridine rings is 1. The number of ether oxygens (including phenoxy) is 2. The second kappa shape index (κ2) is 11.4.